The molecule has 0 aliphatic carbocycles. The monoisotopic (exact) mass is 268 g/mol. The molecule has 0 spiro atoms. The van der Waals surface area contributed by atoms with Gasteiger partial charge in [-0.2, -0.15) is 0 Å². The molecule has 1 N–H and O–H groups in total. The van der Waals surface area contributed by atoms with E-state index in [1.165, 1.54) is 5.56 Å². The van der Waals surface area contributed by atoms with Crippen molar-refractivity contribution in [2.24, 2.45) is 0 Å². The summed E-state index contributed by atoms with van der Waals surface area (Å²) in [6, 6.07) is 6.33. The quantitative estimate of drug-likeness (QED) is 0.866. The Morgan fingerprint density at radius 3 is 2.22 bits per heavy atom. The average Bonchev–Trinajstić information content (AvgIpc) is 2.29. The van der Waals surface area contributed by atoms with Crippen LogP contribution in [0, 0.1) is 0 Å². The average molecular weight is 269 g/mol. The van der Waals surface area contributed by atoms with Gasteiger partial charge in [0.1, 0.15) is 0 Å². The smallest absolute Gasteiger partial charge is 0.0642 e. The summed E-state index contributed by atoms with van der Waals surface area (Å²) in [5.74, 6) is 0. The number of nitrogens with one attached hydrogen (secondary N) is 1. The predicted molar refractivity (Wildman–Crippen MR) is 81.6 cm³/mol. The molecular formula is C15H25ClN2. The van der Waals surface area contributed by atoms with Crippen LogP contribution in [0.5, 0.6) is 0 Å². The SMILES string of the molecule is CCN(CC)c1ccc(CNC(C)(C)C)cc1Cl. The highest BCUT2D eigenvalue weighted by Crippen LogP contribution is 2.26. The molecule has 0 aliphatic heterocycles. The lowest BCUT2D eigenvalue weighted by molar-refractivity contribution is 0.424. The summed E-state index contributed by atoms with van der Waals surface area (Å²) in [6.45, 7) is 13.6. The van der Waals surface area contributed by atoms with Crippen molar-refractivity contribution in [2.45, 2.75) is 46.7 Å². The molecule has 0 fully saturated rings. The molecule has 0 atom stereocenters. The second kappa shape index (κ2) is 6.44. The van der Waals surface area contributed by atoms with Crippen LogP contribution in [0.1, 0.15) is 40.2 Å². The van der Waals surface area contributed by atoms with Gasteiger partial charge < -0.3 is 10.2 Å². The van der Waals surface area contributed by atoms with Crippen LogP contribution in [0.15, 0.2) is 18.2 Å². The largest absolute Gasteiger partial charge is 0.371 e. The molecule has 0 aromatic heterocycles. The number of halogens is 1. The van der Waals surface area contributed by atoms with E-state index in [1.54, 1.807) is 0 Å². The van der Waals surface area contributed by atoms with Gasteiger partial charge in [-0.05, 0) is 52.3 Å². The molecule has 0 saturated heterocycles. The number of hydrogen-bond donors (Lipinski definition) is 1. The molecule has 18 heavy (non-hydrogen) atoms. The highest BCUT2D eigenvalue weighted by Gasteiger charge is 2.10. The first-order valence-electron chi connectivity index (χ1n) is 6.65. The minimum Gasteiger partial charge on any atom is -0.371 e. The fraction of sp³-hybridized carbons (Fsp3) is 0.600. The summed E-state index contributed by atoms with van der Waals surface area (Å²) in [4.78, 5) is 2.27. The summed E-state index contributed by atoms with van der Waals surface area (Å²) in [5.41, 5.74) is 2.48. The first kappa shape index (κ1) is 15.3. The Bertz CT molecular complexity index is 379. The number of nitrogens with zero attached hydrogens (tertiary/aromatic N) is 1. The van der Waals surface area contributed by atoms with Crippen LogP contribution >= 0.6 is 11.6 Å². The molecule has 1 rings (SSSR count). The zero-order chi connectivity index (χ0) is 13.8. The third-order valence-electron chi connectivity index (χ3n) is 2.94. The molecule has 102 valence electrons. The maximum atomic E-state index is 6.36. The van der Waals surface area contributed by atoms with Crippen LogP contribution in [0.3, 0.4) is 0 Å². The maximum Gasteiger partial charge on any atom is 0.0642 e. The van der Waals surface area contributed by atoms with E-state index >= 15 is 0 Å². The van der Waals surface area contributed by atoms with Gasteiger partial charge in [-0.25, -0.2) is 0 Å². The van der Waals surface area contributed by atoms with Crippen molar-refractivity contribution in [1.82, 2.24) is 5.32 Å². The van der Waals surface area contributed by atoms with Crippen molar-refractivity contribution < 1.29 is 0 Å². The second-order valence-electron chi connectivity index (χ2n) is 5.56. The van der Waals surface area contributed by atoms with Gasteiger partial charge in [-0.15, -0.1) is 0 Å². The fourth-order valence-corrected chi connectivity index (χ4v) is 2.17. The van der Waals surface area contributed by atoms with Crippen molar-refractivity contribution in [2.75, 3.05) is 18.0 Å². The predicted octanol–water partition coefficient (Wildman–Crippen LogP) is 4.07. The summed E-state index contributed by atoms with van der Waals surface area (Å²) in [5, 5.41) is 4.31. The van der Waals surface area contributed by atoms with Gasteiger partial charge in [0.2, 0.25) is 0 Å². The molecular weight excluding hydrogens is 244 g/mol. The molecule has 0 radical (unpaired) electrons. The lowest BCUT2D eigenvalue weighted by Gasteiger charge is -2.24. The number of benzene rings is 1. The summed E-state index contributed by atoms with van der Waals surface area (Å²) < 4.78 is 0. The minimum absolute atomic E-state index is 0.129. The van der Waals surface area contributed by atoms with Gasteiger partial charge in [-0.3, -0.25) is 0 Å². The molecule has 0 heterocycles. The maximum absolute atomic E-state index is 6.36. The lowest BCUT2D eigenvalue weighted by Crippen LogP contribution is -2.35. The van der Waals surface area contributed by atoms with Crippen LogP contribution in [0.2, 0.25) is 5.02 Å². The Balaban J connectivity index is 2.79. The second-order valence-corrected chi connectivity index (χ2v) is 5.97. The van der Waals surface area contributed by atoms with E-state index in [1.807, 2.05) is 0 Å². The van der Waals surface area contributed by atoms with E-state index in [0.717, 1.165) is 30.3 Å². The Morgan fingerprint density at radius 2 is 1.78 bits per heavy atom. The minimum atomic E-state index is 0.129. The molecule has 0 amide bonds. The van der Waals surface area contributed by atoms with Crippen molar-refractivity contribution in [3.05, 3.63) is 28.8 Å². The summed E-state index contributed by atoms with van der Waals surface area (Å²) in [6.07, 6.45) is 0. The number of hydrogen-bond acceptors (Lipinski definition) is 2. The standard InChI is InChI=1S/C15H25ClN2/c1-6-18(7-2)14-9-8-12(10-13(14)16)11-17-15(3,4)5/h8-10,17H,6-7,11H2,1-5H3. The van der Waals surface area contributed by atoms with Gasteiger partial charge in [0.25, 0.3) is 0 Å². The zero-order valence-electron chi connectivity index (χ0n) is 12.2. The lowest BCUT2D eigenvalue weighted by atomic mass is 10.1. The third-order valence-corrected chi connectivity index (χ3v) is 3.24. The Morgan fingerprint density at radius 1 is 1.17 bits per heavy atom. The van der Waals surface area contributed by atoms with E-state index in [2.05, 4.69) is 63.0 Å². The molecule has 0 saturated carbocycles. The summed E-state index contributed by atoms with van der Waals surface area (Å²) in [7, 11) is 0. The van der Waals surface area contributed by atoms with Crippen molar-refractivity contribution >= 4 is 17.3 Å². The fourth-order valence-electron chi connectivity index (χ4n) is 1.85. The normalized spacial score (nSPS) is 11.7. The van der Waals surface area contributed by atoms with E-state index in [0.29, 0.717) is 0 Å². The molecule has 0 aliphatic rings. The van der Waals surface area contributed by atoms with Crippen LogP contribution in [0.4, 0.5) is 5.69 Å². The van der Waals surface area contributed by atoms with Crippen LogP contribution in [-0.4, -0.2) is 18.6 Å². The first-order valence-corrected chi connectivity index (χ1v) is 7.03. The van der Waals surface area contributed by atoms with Gasteiger partial charge in [0.15, 0.2) is 0 Å². The van der Waals surface area contributed by atoms with Gasteiger partial charge >= 0.3 is 0 Å². The van der Waals surface area contributed by atoms with Crippen molar-refractivity contribution in [1.29, 1.82) is 0 Å². The van der Waals surface area contributed by atoms with E-state index in [-0.39, 0.29) is 5.54 Å². The molecule has 1 aromatic carbocycles. The zero-order valence-corrected chi connectivity index (χ0v) is 12.9. The van der Waals surface area contributed by atoms with Crippen molar-refractivity contribution in [3.63, 3.8) is 0 Å². The molecule has 1 aromatic rings. The molecule has 3 heteroatoms. The van der Waals surface area contributed by atoms with Gasteiger partial charge in [-0.1, -0.05) is 17.7 Å². The van der Waals surface area contributed by atoms with E-state index < -0.39 is 0 Å². The Kier molecular flexibility index (Phi) is 5.48. The van der Waals surface area contributed by atoms with Crippen molar-refractivity contribution in [3.8, 4) is 0 Å². The Hall–Kier alpha value is -0.730. The van der Waals surface area contributed by atoms with E-state index in [4.69, 9.17) is 11.6 Å². The van der Waals surface area contributed by atoms with Crippen LogP contribution < -0.4 is 10.2 Å². The van der Waals surface area contributed by atoms with E-state index in [9.17, 15) is 0 Å². The number of anilines is 1. The molecule has 2 nitrogen and oxygen atoms in total. The van der Waals surface area contributed by atoms with Gasteiger partial charge in [0, 0.05) is 25.2 Å². The van der Waals surface area contributed by atoms with Gasteiger partial charge in [0.05, 0.1) is 10.7 Å². The first-order chi connectivity index (χ1) is 8.37. The highest BCUT2D eigenvalue weighted by molar-refractivity contribution is 6.33. The Labute approximate surface area is 116 Å². The van der Waals surface area contributed by atoms with Crippen LogP contribution in [0.25, 0.3) is 0 Å². The van der Waals surface area contributed by atoms with Crippen LogP contribution in [-0.2, 0) is 6.54 Å². The molecule has 0 unspecified atom stereocenters. The topological polar surface area (TPSA) is 15.3 Å². The summed E-state index contributed by atoms with van der Waals surface area (Å²) >= 11 is 6.36. The highest BCUT2D eigenvalue weighted by atomic mass is 35.5. The third kappa shape index (κ3) is 4.51. The number of rotatable bonds is 5. The molecule has 0 bridgehead atoms.